The van der Waals surface area contributed by atoms with Crippen molar-refractivity contribution in [1.82, 2.24) is 25.2 Å². The van der Waals surface area contributed by atoms with E-state index >= 15 is 0 Å². The average Bonchev–Trinajstić information content (AvgIpc) is 2.71. The first-order valence-corrected chi connectivity index (χ1v) is 9.72. The Hall–Kier alpha value is -3.02. The molecule has 0 aromatic carbocycles. The van der Waals surface area contributed by atoms with Crippen LogP contribution in [0, 0.1) is 12.3 Å². The fourth-order valence-corrected chi connectivity index (χ4v) is 3.23. The number of piperidine rings is 1. The molecule has 1 aliphatic heterocycles. The van der Waals surface area contributed by atoms with Crippen molar-refractivity contribution in [3.63, 3.8) is 0 Å². The number of carbonyl (C=O) groups excluding carboxylic acids is 1. The van der Waals surface area contributed by atoms with Crippen molar-refractivity contribution in [3.8, 4) is 12.3 Å². The molecule has 3 heterocycles. The molecule has 3 rings (SSSR count). The first-order chi connectivity index (χ1) is 14.0. The van der Waals surface area contributed by atoms with Gasteiger partial charge in [0.15, 0.2) is 5.78 Å². The number of nitrogens with zero attached hydrogens (tertiary/aromatic N) is 4. The minimum Gasteiger partial charge on any atom is -0.382 e. The molecule has 1 saturated heterocycles. The lowest BCUT2D eigenvalue weighted by molar-refractivity contribution is -0.119. The third-order valence-electron chi connectivity index (χ3n) is 4.62. The summed E-state index contributed by atoms with van der Waals surface area (Å²) < 4.78 is 0. The van der Waals surface area contributed by atoms with E-state index in [0.29, 0.717) is 36.3 Å². The summed E-state index contributed by atoms with van der Waals surface area (Å²) in [7, 11) is 3.79. The third kappa shape index (κ3) is 6.24. The molecule has 0 spiro atoms. The Bertz CT molecular complexity index is 868. The largest absolute Gasteiger partial charge is 0.382 e. The summed E-state index contributed by atoms with van der Waals surface area (Å²) >= 11 is 0. The number of ketones is 1. The zero-order chi connectivity index (χ0) is 20.6. The van der Waals surface area contributed by atoms with E-state index < -0.39 is 0 Å². The van der Waals surface area contributed by atoms with Gasteiger partial charge in [-0.3, -0.25) is 4.79 Å². The van der Waals surface area contributed by atoms with Crippen molar-refractivity contribution in [3.05, 3.63) is 35.9 Å². The Morgan fingerprint density at radius 2 is 1.97 bits per heavy atom. The summed E-state index contributed by atoms with van der Waals surface area (Å²) in [6.07, 6.45) is 12.6. The Labute approximate surface area is 171 Å². The molecule has 0 radical (unpaired) electrons. The van der Waals surface area contributed by atoms with Crippen LogP contribution < -0.4 is 16.0 Å². The standard InChI is InChI=1S/C21H27N7O/c1-4-16-12-25-21(13-23-16)27-20-10-19(26-17-5-7-22-8-6-17)15(11-24-20)9-18(29)14-28(2)3/h1,10-13,17,22H,5-9,14H2,2-3H3,(H2,24,25,26,27). The topological polar surface area (TPSA) is 95.1 Å². The van der Waals surface area contributed by atoms with Crippen molar-refractivity contribution in [2.75, 3.05) is 44.4 Å². The van der Waals surface area contributed by atoms with Gasteiger partial charge in [0.2, 0.25) is 0 Å². The van der Waals surface area contributed by atoms with Crippen molar-refractivity contribution < 1.29 is 4.79 Å². The zero-order valence-electron chi connectivity index (χ0n) is 16.9. The van der Waals surface area contributed by atoms with Gasteiger partial charge in [-0.05, 0) is 45.9 Å². The van der Waals surface area contributed by atoms with Gasteiger partial charge < -0.3 is 20.9 Å². The molecule has 152 valence electrons. The molecule has 8 nitrogen and oxygen atoms in total. The van der Waals surface area contributed by atoms with Gasteiger partial charge in [0.25, 0.3) is 0 Å². The highest BCUT2D eigenvalue weighted by atomic mass is 16.1. The second kappa shape index (κ2) is 9.96. The van der Waals surface area contributed by atoms with Gasteiger partial charge in [0.05, 0.1) is 18.9 Å². The molecule has 0 atom stereocenters. The number of terminal acetylenes is 1. The lowest BCUT2D eigenvalue weighted by Crippen LogP contribution is -2.35. The molecular weight excluding hydrogens is 366 g/mol. The third-order valence-corrected chi connectivity index (χ3v) is 4.62. The van der Waals surface area contributed by atoms with Gasteiger partial charge in [-0.2, -0.15) is 0 Å². The summed E-state index contributed by atoms with van der Waals surface area (Å²) in [5.41, 5.74) is 2.30. The van der Waals surface area contributed by atoms with Gasteiger partial charge in [-0.1, -0.05) is 0 Å². The number of rotatable bonds is 8. The van der Waals surface area contributed by atoms with Crippen LogP contribution in [-0.4, -0.2) is 65.4 Å². The normalized spacial score (nSPS) is 14.4. The second-order valence-electron chi connectivity index (χ2n) is 7.40. The van der Waals surface area contributed by atoms with Crippen LogP contribution in [-0.2, 0) is 11.2 Å². The van der Waals surface area contributed by atoms with Crippen LogP contribution in [0.15, 0.2) is 24.7 Å². The highest BCUT2D eigenvalue weighted by Crippen LogP contribution is 2.24. The predicted octanol–water partition coefficient (Wildman–Crippen LogP) is 1.43. The van der Waals surface area contributed by atoms with E-state index in [4.69, 9.17) is 6.42 Å². The Balaban J connectivity index is 1.79. The van der Waals surface area contributed by atoms with Gasteiger partial charge >= 0.3 is 0 Å². The van der Waals surface area contributed by atoms with Crippen LogP contribution in [0.25, 0.3) is 0 Å². The Morgan fingerprint density at radius 3 is 2.62 bits per heavy atom. The first-order valence-electron chi connectivity index (χ1n) is 9.72. The summed E-state index contributed by atoms with van der Waals surface area (Å²) in [5, 5.41) is 10.1. The SMILES string of the molecule is C#Cc1cnc(Nc2cc(NC3CCNCC3)c(CC(=O)CN(C)C)cn2)cn1. The minimum atomic E-state index is 0.154. The van der Waals surface area contributed by atoms with Crippen molar-refractivity contribution >= 4 is 23.1 Å². The zero-order valence-corrected chi connectivity index (χ0v) is 16.9. The van der Waals surface area contributed by atoms with E-state index in [1.165, 1.54) is 6.20 Å². The molecule has 1 fully saturated rings. The number of carbonyl (C=O) groups is 1. The monoisotopic (exact) mass is 393 g/mol. The van der Waals surface area contributed by atoms with Crippen LogP contribution in [0.1, 0.15) is 24.1 Å². The first kappa shape index (κ1) is 20.7. The molecular formula is C21H27N7O. The van der Waals surface area contributed by atoms with Crippen LogP contribution >= 0.6 is 0 Å². The van der Waals surface area contributed by atoms with Crippen LogP contribution in [0.5, 0.6) is 0 Å². The fraction of sp³-hybridized carbons (Fsp3) is 0.429. The van der Waals surface area contributed by atoms with E-state index in [9.17, 15) is 4.79 Å². The second-order valence-corrected chi connectivity index (χ2v) is 7.40. The molecule has 0 bridgehead atoms. The average molecular weight is 393 g/mol. The van der Waals surface area contributed by atoms with Gasteiger partial charge in [0.1, 0.15) is 17.3 Å². The van der Waals surface area contributed by atoms with Gasteiger partial charge in [-0.15, -0.1) is 6.42 Å². The Kier molecular flexibility index (Phi) is 7.11. The molecule has 2 aromatic heterocycles. The lowest BCUT2D eigenvalue weighted by Gasteiger charge is -2.26. The number of hydrogen-bond acceptors (Lipinski definition) is 8. The summed E-state index contributed by atoms with van der Waals surface area (Å²) in [4.78, 5) is 27.1. The maximum atomic E-state index is 12.3. The van der Waals surface area contributed by atoms with E-state index in [1.54, 1.807) is 12.4 Å². The van der Waals surface area contributed by atoms with E-state index in [1.807, 2.05) is 25.1 Å². The molecule has 3 N–H and O–H groups in total. The molecule has 8 heteroatoms. The minimum absolute atomic E-state index is 0.154. The van der Waals surface area contributed by atoms with E-state index in [0.717, 1.165) is 37.2 Å². The number of anilines is 3. The molecule has 0 saturated carbocycles. The quantitative estimate of drug-likeness (QED) is 0.580. The number of hydrogen-bond donors (Lipinski definition) is 3. The van der Waals surface area contributed by atoms with Crippen molar-refractivity contribution in [2.24, 2.45) is 0 Å². The summed E-state index contributed by atoms with van der Waals surface area (Å²) in [6, 6.07) is 2.29. The number of pyridine rings is 1. The van der Waals surface area contributed by atoms with Crippen LogP contribution in [0.4, 0.5) is 17.3 Å². The predicted molar refractivity (Wildman–Crippen MR) is 114 cm³/mol. The highest BCUT2D eigenvalue weighted by molar-refractivity contribution is 5.84. The molecule has 0 aliphatic carbocycles. The molecule has 0 unspecified atom stereocenters. The van der Waals surface area contributed by atoms with E-state index in [-0.39, 0.29) is 5.78 Å². The van der Waals surface area contributed by atoms with Gasteiger partial charge in [-0.25, -0.2) is 15.0 Å². The lowest BCUT2D eigenvalue weighted by atomic mass is 10.0. The number of nitrogens with one attached hydrogen (secondary N) is 3. The maximum Gasteiger partial charge on any atom is 0.151 e. The number of Topliss-reactive ketones (excluding diaryl/α,β-unsaturated/α-hetero) is 1. The van der Waals surface area contributed by atoms with Crippen LogP contribution in [0.3, 0.4) is 0 Å². The smallest absolute Gasteiger partial charge is 0.151 e. The molecule has 0 amide bonds. The molecule has 1 aliphatic rings. The number of aromatic nitrogens is 3. The Morgan fingerprint density at radius 1 is 1.21 bits per heavy atom. The molecule has 29 heavy (non-hydrogen) atoms. The highest BCUT2D eigenvalue weighted by Gasteiger charge is 2.17. The van der Waals surface area contributed by atoms with Crippen molar-refractivity contribution in [2.45, 2.75) is 25.3 Å². The maximum absolute atomic E-state index is 12.3. The van der Waals surface area contributed by atoms with Crippen molar-refractivity contribution in [1.29, 1.82) is 0 Å². The summed E-state index contributed by atoms with van der Waals surface area (Å²) in [6.45, 7) is 2.38. The fourth-order valence-electron chi connectivity index (χ4n) is 3.23. The summed E-state index contributed by atoms with van der Waals surface area (Å²) in [5.74, 6) is 3.79. The van der Waals surface area contributed by atoms with Gasteiger partial charge in [0, 0.05) is 36.0 Å². The van der Waals surface area contributed by atoms with Crippen LogP contribution in [0.2, 0.25) is 0 Å². The van der Waals surface area contributed by atoms with E-state index in [2.05, 4.69) is 36.8 Å². The number of likely N-dealkylation sites (N-methyl/N-ethyl adjacent to an activating group) is 1. The molecule has 2 aromatic rings.